The zero-order valence-electron chi connectivity index (χ0n) is 17.7. The SMILES string of the molecule is Cc1c(-c2cccc(O)c2)c(OP(=O)(O)O)c2c(Cc3cccc(O)c3)c1c1cccc2c1. The molecule has 0 saturated heterocycles. The molecule has 0 aliphatic rings. The Morgan fingerprint density at radius 1 is 0.818 bits per heavy atom. The number of phenolic OH excluding ortho intramolecular Hbond substituents is 2. The van der Waals surface area contributed by atoms with Gasteiger partial charge in [0.1, 0.15) is 17.2 Å². The molecule has 0 aliphatic carbocycles. The summed E-state index contributed by atoms with van der Waals surface area (Å²) in [6, 6.07) is 21.2. The lowest BCUT2D eigenvalue weighted by atomic mass is 9.83. The van der Waals surface area contributed by atoms with Crippen LogP contribution in [0.3, 0.4) is 0 Å². The largest absolute Gasteiger partial charge is 0.524 e. The van der Waals surface area contributed by atoms with E-state index in [1.54, 1.807) is 36.4 Å². The van der Waals surface area contributed by atoms with Crippen LogP contribution in [0.5, 0.6) is 17.2 Å². The maximum atomic E-state index is 12.1. The molecule has 5 rings (SSSR count). The van der Waals surface area contributed by atoms with Crippen LogP contribution >= 0.6 is 7.82 Å². The van der Waals surface area contributed by atoms with Crippen LogP contribution in [0, 0.1) is 6.92 Å². The first-order valence-corrected chi connectivity index (χ1v) is 11.9. The molecule has 166 valence electrons. The van der Waals surface area contributed by atoms with E-state index in [0.29, 0.717) is 22.9 Å². The average Bonchev–Trinajstić information content (AvgIpc) is 2.72. The summed E-state index contributed by atoms with van der Waals surface area (Å²) in [6.07, 6.45) is 0.431. The topological polar surface area (TPSA) is 107 Å². The van der Waals surface area contributed by atoms with Gasteiger partial charge in [-0.25, -0.2) is 4.57 Å². The number of phenols is 2. The minimum Gasteiger partial charge on any atom is -0.508 e. The van der Waals surface area contributed by atoms with Crippen molar-refractivity contribution < 1.29 is 29.1 Å². The number of aromatic hydroxyl groups is 2. The van der Waals surface area contributed by atoms with Gasteiger partial charge in [-0.15, -0.1) is 0 Å². The lowest BCUT2D eigenvalue weighted by Gasteiger charge is -2.24. The zero-order valence-corrected chi connectivity index (χ0v) is 18.6. The third-order valence-corrected chi connectivity index (χ3v) is 6.30. The van der Waals surface area contributed by atoms with E-state index < -0.39 is 7.82 Å². The van der Waals surface area contributed by atoms with Crippen molar-refractivity contribution in [3.63, 3.8) is 0 Å². The molecule has 4 bridgehead atoms. The molecule has 6 nitrogen and oxygen atoms in total. The Bertz CT molecular complexity index is 1550. The third-order valence-electron chi connectivity index (χ3n) is 5.88. The summed E-state index contributed by atoms with van der Waals surface area (Å²) in [4.78, 5) is 19.6. The minimum atomic E-state index is -4.91. The van der Waals surface area contributed by atoms with E-state index in [9.17, 15) is 24.6 Å². The summed E-state index contributed by atoms with van der Waals surface area (Å²) in [5.74, 6) is 0.254. The molecule has 0 spiro atoms. The van der Waals surface area contributed by atoms with Crippen molar-refractivity contribution >= 4 is 29.4 Å². The number of phosphoric acid groups is 1. The van der Waals surface area contributed by atoms with Gasteiger partial charge in [-0.3, -0.25) is 9.79 Å². The molecule has 7 heteroatoms. The molecule has 0 radical (unpaired) electrons. The molecule has 5 aromatic rings. The number of fused-ring (bicyclic) bond motifs is 6. The molecule has 0 unspecified atom stereocenters. The minimum absolute atomic E-state index is 0.0385. The van der Waals surface area contributed by atoms with Crippen LogP contribution in [0.25, 0.3) is 32.7 Å². The van der Waals surface area contributed by atoms with Crippen molar-refractivity contribution in [2.24, 2.45) is 0 Å². The summed E-state index contributed by atoms with van der Waals surface area (Å²) in [6.45, 7) is 1.88. The Hall–Kier alpha value is -3.57. The smallest absolute Gasteiger partial charge is 0.508 e. The van der Waals surface area contributed by atoms with Gasteiger partial charge >= 0.3 is 7.82 Å². The summed E-state index contributed by atoms with van der Waals surface area (Å²) < 4.78 is 17.4. The summed E-state index contributed by atoms with van der Waals surface area (Å²) in [5.41, 5.74) is 3.60. The number of phosphoric ester groups is 1. The number of hydrogen-bond acceptors (Lipinski definition) is 4. The van der Waals surface area contributed by atoms with Gasteiger partial charge in [-0.05, 0) is 82.1 Å². The van der Waals surface area contributed by atoms with E-state index in [1.165, 1.54) is 6.07 Å². The molecule has 0 atom stereocenters. The standard InChI is InChI=1S/C26H21O6P/c1-15-23-17-6-3-7-18(13-17)25(22(23)12-16-5-2-9-20(27)11-16)26(32-33(29,30)31)24(15)19-8-4-10-21(28)14-19/h2-11,13-14,27-28H,12H2,1H3,(H2,29,30,31). The highest BCUT2D eigenvalue weighted by atomic mass is 31.2. The van der Waals surface area contributed by atoms with Gasteiger partial charge in [-0.2, -0.15) is 0 Å². The van der Waals surface area contributed by atoms with Crippen molar-refractivity contribution in [2.75, 3.05) is 0 Å². The molecule has 0 aliphatic heterocycles. The summed E-state index contributed by atoms with van der Waals surface area (Å²) in [7, 11) is -4.91. The highest BCUT2D eigenvalue weighted by Gasteiger charge is 2.28. The second-order valence-electron chi connectivity index (χ2n) is 8.12. The lowest BCUT2D eigenvalue weighted by Crippen LogP contribution is -2.03. The summed E-state index contributed by atoms with van der Waals surface area (Å²) in [5, 5.41) is 23.3. The van der Waals surface area contributed by atoms with Crippen molar-refractivity contribution in [1.29, 1.82) is 0 Å². The fourth-order valence-electron chi connectivity index (χ4n) is 4.70. The van der Waals surface area contributed by atoms with Crippen molar-refractivity contribution in [3.8, 4) is 28.4 Å². The van der Waals surface area contributed by atoms with E-state index in [2.05, 4.69) is 0 Å². The first-order valence-electron chi connectivity index (χ1n) is 10.3. The fraction of sp³-hybridized carbons (Fsp3) is 0.0769. The van der Waals surface area contributed by atoms with Gasteiger partial charge in [0.2, 0.25) is 0 Å². The normalized spacial score (nSPS) is 12.0. The number of hydrogen-bond donors (Lipinski definition) is 4. The predicted octanol–water partition coefficient (Wildman–Crippen LogP) is 5.88. The molecule has 0 aromatic heterocycles. The molecule has 5 aromatic carbocycles. The van der Waals surface area contributed by atoms with Crippen molar-refractivity contribution in [2.45, 2.75) is 13.3 Å². The highest BCUT2D eigenvalue weighted by Crippen LogP contribution is 2.52. The van der Waals surface area contributed by atoms with Crippen molar-refractivity contribution in [3.05, 3.63) is 89.5 Å². The van der Waals surface area contributed by atoms with E-state index in [-0.39, 0.29) is 17.2 Å². The van der Waals surface area contributed by atoms with Crippen molar-refractivity contribution in [1.82, 2.24) is 0 Å². The molecule has 0 fully saturated rings. The number of rotatable bonds is 5. The molecule has 4 N–H and O–H groups in total. The number of aryl methyl sites for hydroxylation is 1. The first-order chi connectivity index (χ1) is 15.7. The van der Waals surface area contributed by atoms with E-state index >= 15 is 0 Å². The van der Waals surface area contributed by atoms with Crippen LogP contribution in [0.15, 0.2) is 72.8 Å². The van der Waals surface area contributed by atoms with Gasteiger partial charge < -0.3 is 14.7 Å². The van der Waals surface area contributed by atoms with Crippen LogP contribution in [-0.2, 0) is 11.0 Å². The second-order valence-corrected chi connectivity index (χ2v) is 9.28. The summed E-state index contributed by atoms with van der Waals surface area (Å²) >= 11 is 0. The Labute approximate surface area is 189 Å². The average molecular weight is 460 g/mol. The monoisotopic (exact) mass is 460 g/mol. The van der Waals surface area contributed by atoms with Gasteiger partial charge in [-0.1, -0.05) is 42.5 Å². The predicted molar refractivity (Wildman–Crippen MR) is 128 cm³/mol. The Morgan fingerprint density at radius 3 is 2.12 bits per heavy atom. The molecule has 0 heterocycles. The third kappa shape index (κ3) is 3.89. The van der Waals surface area contributed by atoms with Crippen LogP contribution in [-0.4, -0.2) is 20.0 Å². The van der Waals surface area contributed by atoms with Gasteiger partial charge in [0.15, 0.2) is 0 Å². The van der Waals surface area contributed by atoms with E-state index in [0.717, 1.165) is 32.8 Å². The Balaban J connectivity index is 1.92. The second kappa shape index (κ2) is 7.78. The van der Waals surface area contributed by atoms with Crippen LogP contribution in [0.2, 0.25) is 0 Å². The maximum absolute atomic E-state index is 12.1. The molecular weight excluding hydrogens is 439 g/mol. The first kappa shape index (κ1) is 21.3. The van der Waals surface area contributed by atoms with E-state index in [4.69, 9.17) is 4.52 Å². The highest BCUT2D eigenvalue weighted by molar-refractivity contribution is 7.46. The van der Waals surface area contributed by atoms with Crippen LogP contribution < -0.4 is 4.52 Å². The van der Waals surface area contributed by atoms with Gasteiger partial charge in [0, 0.05) is 10.9 Å². The zero-order chi connectivity index (χ0) is 23.3. The molecular formula is C26H21O6P. The molecule has 0 amide bonds. The molecule has 33 heavy (non-hydrogen) atoms. The molecule has 0 saturated carbocycles. The maximum Gasteiger partial charge on any atom is 0.524 e. The van der Waals surface area contributed by atoms with E-state index in [1.807, 2.05) is 37.3 Å². The lowest BCUT2D eigenvalue weighted by molar-refractivity contribution is 0.284. The number of benzene rings is 5. The van der Waals surface area contributed by atoms with Gasteiger partial charge in [0.25, 0.3) is 0 Å². The van der Waals surface area contributed by atoms with Crippen LogP contribution in [0.4, 0.5) is 0 Å². The van der Waals surface area contributed by atoms with Gasteiger partial charge in [0.05, 0.1) is 0 Å². The fourth-order valence-corrected chi connectivity index (χ4v) is 5.12. The Kier molecular flexibility index (Phi) is 5.02. The quantitative estimate of drug-likeness (QED) is 0.244. The van der Waals surface area contributed by atoms with Crippen LogP contribution in [0.1, 0.15) is 16.7 Å². The Morgan fingerprint density at radius 2 is 1.45 bits per heavy atom.